The van der Waals surface area contributed by atoms with Gasteiger partial charge in [0.15, 0.2) is 0 Å². The van der Waals surface area contributed by atoms with Crippen LogP contribution in [0.1, 0.15) is 12.1 Å². The summed E-state index contributed by atoms with van der Waals surface area (Å²) in [5, 5.41) is 21.9. The molecule has 15 heavy (non-hydrogen) atoms. The van der Waals surface area contributed by atoms with Crippen LogP contribution in [0.25, 0.3) is 0 Å². The van der Waals surface area contributed by atoms with Gasteiger partial charge in [-0.15, -0.1) is 0 Å². The van der Waals surface area contributed by atoms with Crippen molar-refractivity contribution in [2.24, 2.45) is 5.73 Å². The van der Waals surface area contributed by atoms with Crippen LogP contribution < -0.4 is 5.73 Å². The second-order valence-electron chi connectivity index (χ2n) is 3.33. The standard InChI is InChI=1S/C9H15N3O3/c10-9(15)2-1-7-3-4-12(11-7)5-8(14)6-13/h3-4,8,13-14H,1-2,5-6H2,(H2,10,15)/t8-/m1/s1. The predicted molar refractivity (Wildman–Crippen MR) is 52.8 cm³/mol. The Morgan fingerprint density at radius 2 is 2.40 bits per heavy atom. The topological polar surface area (TPSA) is 101 Å². The smallest absolute Gasteiger partial charge is 0.217 e. The van der Waals surface area contributed by atoms with E-state index in [0.717, 1.165) is 5.69 Å². The first-order valence-electron chi connectivity index (χ1n) is 4.71. The van der Waals surface area contributed by atoms with Crippen molar-refractivity contribution in [2.45, 2.75) is 25.5 Å². The molecule has 1 rings (SSSR count). The lowest BCUT2D eigenvalue weighted by molar-refractivity contribution is -0.118. The van der Waals surface area contributed by atoms with Gasteiger partial charge in [0, 0.05) is 19.0 Å². The molecule has 1 heterocycles. The van der Waals surface area contributed by atoms with Gasteiger partial charge in [-0.1, -0.05) is 0 Å². The van der Waals surface area contributed by atoms with E-state index in [1.165, 1.54) is 4.68 Å². The zero-order valence-electron chi connectivity index (χ0n) is 8.33. The number of nitrogens with zero attached hydrogens (tertiary/aromatic N) is 2. The second-order valence-corrected chi connectivity index (χ2v) is 3.33. The Bertz CT molecular complexity index is 324. The van der Waals surface area contributed by atoms with E-state index in [-0.39, 0.29) is 25.5 Å². The summed E-state index contributed by atoms with van der Waals surface area (Å²) >= 11 is 0. The Balaban J connectivity index is 2.45. The van der Waals surface area contributed by atoms with E-state index in [1.54, 1.807) is 12.3 Å². The maximum Gasteiger partial charge on any atom is 0.217 e. The number of aromatic nitrogens is 2. The fourth-order valence-corrected chi connectivity index (χ4v) is 1.16. The number of carbonyl (C=O) groups is 1. The molecule has 0 fully saturated rings. The first-order chi connectivity index (χ1) is 7.11. The van der Waals surface area contributed by atoms with Crippen LogP contribution in [-0.2, 0) is 17.8 Å². The lowest BCUT2D eigenvalue weighted by atomic mass is 10.2. The molecule has 0 aliphatic rings. The molecule has 1 atom stereocenters. The summed E-state index contributed by atoms with van der Waals surface area (Å²) in [4.78, 5) is 10.5. The Labute approximate surface area is 87.3 Å². The molecule has 6 nitrogen and oxygen atoms in total. The van der Waals surface area contributed by atoms with E-state index in [4.69, 9.17) is 15.9 Å². The van der Waals surface area contributed by atoms with Gasteiger partial charge in [0.2, 0.25) is 5.91 Å². The van der Waals surface area contributed by atoms with Crippen molar-refractivity contribution in [3.8, 4) is 0 Å². The highest BCUT2D eigenvalue weighted by Crippen LogP contribution is 2.00. The van der Waals surface area contributed by atoms with E-state index >= 15 is 0 Å². The van der Waals surface area contributed by atoms with Gasteiger partial charge >= 0.3 is 0 Å². The minimum atomic E-state index is -0.811. The van der Waals surface area contributed by atoms with Gasteiger partial charge < -0.3 is 15.9 Å². The van der Waals surface area contributed by atoms with Gasteiger partial charge in [0.1, 0.15) is 0 Å². The van der Waals surface area contributed by atoms with Crippen molar-refractivity contribution in [1.29, 1.82) is 0 Å². The lowest BCUT2D eigenvalue weighted by Gasteiger charge is -2.06. The molecule has 1 aromatic rings. The van der Waals surface area contributed by atoms with Gasteiger partial charge in [-0.25, -0.2) is 0 Å². The Hall–Kier alpha value is -1.40. The third-order valence-electron chi connectivity index (χ3n) is 1.93. The average Bonchev–Trinajstić information content (AvgIpc) is 2.62. The maximum absolute atomic E-state index is 10.5. The van der Waals surface area contributed by atoms with Crippen LogP contribution in [0, 0.1) is 0 Å². The summed E-state index contributed by atoms with van der Waals surface area (Å²) in [7, 11) is 0. The van der Waals surface area contributed by atoms with Gasteiger partial charge in [-0.2, -0.15) is 5.10 Å². The van der Waals surface area contributed by atoms with Crippen molar-refractivity contribution >= 4 is 5.91 Å². The molecule has 84 valence electrons. The van der Waals surface area contributed by atoms with Crippen LogP contribution in [0.4, 0.5) is 0 Å². The van der Waals surface area contributed by atoms with Crippen molar-refractivity contribution in [3.05, 3.63) is 18.0 Å². The molecule has 1 aromatic heterocycles. The van der Waals surface area contributed by atoms with Crippen LogP contribution >= 0.6 is 0 Å². The minimum absolute atomic E-state index is 0.243. The highest BCUT2D eigenvalue weighted by molar-refractivity contribution is 5.73. The molecule has 0 saturated heterocycles. The number of carbonyl (C=O) groups excluding carboxylic acids is 1. The number of rotatable bonds is 6. The van der Waals surface area contributed by atoms with Gasteiger partial charge in [0.05, 0.1) is 24.9 Å². The third-order valence-corrected chi connectivity index (χ3v) is 1.93. The summed E-state index contributed by atoms with van der Waals surface area (Å²) < 4.78 is 1.53. The van der Waals surface area contributed by atoms with Crippen LogP contribution in [0.15, 0.2) is 12.3 Å². The molecular weight excluding hydrogens is 198 g/mol. The summed E-state index contributed by atoms with van der Waals surface area (Å²) in [5.74, 6) is -0.361. The van der Waals surface area contributed by atoms with E-state index in [2.05, 4.69) is 5.10 Å². The number of primary amides is 1. The molecule has 0 aromatic carbocycles. The number of hydrogen-bond donors (Lipinski definition) is 3. The molecule has 4 N–H and O–H groups in total. The summed E-state index contributed by atoms with van der Waals surface area (Å²) in [6.45, 7) is -0.0520. The molecular formula is C9H15N3O3. The molecule has 0 bridgehead atoms. The van der Waals surface area contributed by atoms with Gasteiger partial charge in [-0.3, -0.25) is 9.48 Å². The zero-order valence-corrected chi connectivity index (χ0v) is 8.33. The van der Waals surface area contributed by atoms with Gasteiger partial charge in [0.25, 0.3) is 0 Å². The lowest BCUT2D eigenvalue weighted by Crippen LogP contribution is -2.20. The summed E-state index contributed by atoms with van der Waals surface area (Å²) in [6.07, 6.45) is 1.64. The number of aryl methyl sites for hydroxylation is 1. The van der Waals surface area contributed by atoms with E-state index in [0.29, 0.717) is 6.42 Å². The quantitative estimate of drug-likeness (QED) is 0.544. The van der Waals surface area contributed by atoms with E-state index in [9.17, 15) is 4.79 Å². The first kappa shape index (κ1) is 11.7. The summed E-state index contributed by atoms with van der Waals surface area (Å²) in [6, 6.07) is 1.76. The zero-order chi connectivity index (χ0) is 11.3. The third kappa shape index (κ3) is 4.09. The van der Waals surface area contributed by atoms with Crippen LogP contribution in [0.3, 0.4) is 0 Å². The van der Waals surface area contributed by atoms with Crippen LogP contribution in [0.2, 0.25) is 0 Å². The van der Waals surface area contributed by atoms with Crippen LogP contribution in [0.5, 0.6) is 0 Å². The highest BCUT2D eigenvalue weighted by Gasteiger charge is 2.05. The van der Waals surface area contributed by atoms with E-state index < -0.39 is 6.10 Å². The van der Waals surface area contributed by atoms with E-state index in [1.807, 2.05) is 0 Å². The Morgan fingerprint density at radius 1 is 1.67 bits per heavy atom. The maximum atomic E-state index is 10.5. The molecule has 0 radical (unpaired) electrons. The SMILES string of the molecule is NC(=O)CCc1ccn(C[C@@H](O)CO)n1. The number of nitrogens with two attached hydrogens (primary N) is 1. The van der Waals surface area contributed by atoms with Crippen molar-refractivity contribution < 1.29 is 15.0 Å². The summed E-state index contributed by atoms with van der Waals surface area (Å²) in [5.41, 5.74) is 5.75. The second kappa shape index (κ2) is 5.47. The predicted octanol–water partition coefficient (Wildman–Crippen LogP) is -1.35. The van der Waals surface area contributed by atoms with Crippen molar-refractivity contribution in [1.82, 2.24) is 9.78 Å². The molecule has 0 aliphatic carbocycles. The number of aliphatic hydroxyl groups excluding tert-OH is 2. The molecule has 1 amide bonds. The number of hydrogen-bond acceptors (Lipinski definition) is 4. The van der Waals surface area contributed by atoms with Gasteiger partial charge in [-0.05, 0) is 6.07 Å². The molecule has 0 spiro atoms. The largest absolute Gasteiger partial charge is 0.394 e. The van der Waals surface area contributed by atoms with Crippen molar-refractivity contribution in [2.75, 3.05) is 6.61 Å². The fraction of sp³-hybridized carbons (Fsp3) is 0.556. The fourth-order valence-electron chi connectivity index (χ4n) is 1.16. The first-order valence-corrected chi connectivity index (χ1v) is 4.71. The minimum Gasteiger partial charge on any atom is -0.394 e. The number of aliphatic hydroxyl groups is 2. The monoisotopic (exact) mass is 213 g/mol. The normalized spacial score (nSPS) is 12.7. The van der Waals surface area contributed by atoms with Crippen molar-refractivity contribution in [3.63, 3.8) is 0 Å². The molecule has 6 heteroatoms. The molecule has 0 unspecified atom stereocenters. The van der Waals surface area contributed by atoms with Crippen LogP contribution in [-0.4, -0.2) is 38.6 Å². The Kier molecular flexibility index (Phi) is 4.26. The molecule has 0 saturated carbocycles. The highest BCUT2D eigenvalue weighted by atomic mass is 16.3. The Morgan fingerprint density at radius 3 is 3.00 bits per heavy atom. The molecule has 0 aliphatic heterocycles. The average molecular weight is 213 g/mol. The number of amides is 1.